The van der Waals surface area contributed by atoms with E-state index in [9.17, 15) is 0 Å². The molecule has 1 atom stereocenters. The molecule has 1 N–H and O–H groups in total. The van der Waals surface area contributed by atoms with Crippen LogP contribution in [0.15, 0.2) is 36.7 Å². The second-order valence-electron chi connectivity index (χ2n) is 2.95. The van der Waals surface area contributed by atoms with Crippen LogP contribution in [0.2, 0.25) is 0 Å². The number of aromatic nitrogens is 1. The minimum atomic E-state index is 0. The summed E-state index contributed by atoms with van der Waals surface area (Å²) in [4.78, 5) is 4.10. The Kier molecular flexibility index (Phi) is 6.54. The molecule has 0 fully saturated rings. The first kappa shape index (κ1) is 13.4. The van der Waals surface area contributed by atoms with Crippen molar-refractivity contribution in [3.8, 4) is 0 Å². The van der Waals surface area contributed by atoms with Crippen LogP contribution in [0.25, 0.3) is 0 Å². The fourth-order valence-electron chi connectivity index (χ4n) is 1.45. The Balaban J connectivity index is 0.000000845. The smallest absolute Gasteiger partial charge is 0.0372 e. The van der Waals surface area contributed by atoms with Crippen molar-refractivity contribution < 1.29 is 0 Å². The van der Waals surface area contributed by atoms with Gasteiger partial charge in [0.2, 0.25) is 0 Å². The van der Waals surface area contributed by atoms with E-state index in [1.54, 1.807) is 0 Å². The Morgan fingerprint density at radius 2 is 2.14 bits per heavy atom. The molecule has 1 aliphatic heterocycles. The van der Waals surface area contributed by atoms with Gasteiger partial charge in [-0.15, -0.1) is 24.8 Å². The fourth-order valence-corrected chi connectivity index (χ4v) is 1.45. The Labute approximate surface area is 96.6 Å². The van der Waals surface area contributed by atoms with Gasteiger partial charge >= 0.3 is 0 Å². The number of halogens is 2. The number of pyridine rings is 1. The average Bonchev–Trinajstić information content (AvgIpc) is 2.21. The van der Waals surface area contributed by atoms with Crippen LogP contribution in [-0.2, 0) is 0 Å². The van der Waals surface area contributed by atoms with Crippen LogP contribution < -0.4 is 5.32 Å². The third-order valence-electron chi connectivity index (χ3n) is 2.11. The third kappa shape index (κ3) is 3.29. The molecule has 14 heavy (non-hydrogen) atoms. The van der Waals surface area contributed by atoms with Crippen molar-refractivity contribution in [3.63, 3.8) is 0 Å². The summed E-state index contributed by atoms with van der Waals surface area (Å²) in [7, 11) is 0. The van der Waals surface area contributed by atoms with E-state index in [0.717, 1.165) is 13.0 Å². The molecule has 0 unspecified atom stereocenters. The summed E-state index contributed by atoms with van der Waals surface area (Å²) in [5.41, 5.74) is 1.28. The molecule has 0 radical (unpaired) electrons. The van der Waals surface area contributed by atoms with E-state index in [4.69, 9.17) is 0 Å². The summed E-state index contributed by atoms with van der Waals surface area (Å²) in [6, 6.07) is 4.56. The topological polar surface area (TPSA) is 24.9 Å². The molecule has 1 aliphatic rings. The van der Waals surface area contributed by atoms with Crippen molar-refractivity contribution in [2.75, 3.05) is 6.54 Å². The summed E-state index contributed by atoms with van der Waals surface area (Å²) < 4.78 is 0. The molecule has 2 nitrogen and oxygen atoms in total. The van der Waals surface area contributed by atoms with Gasteiger partial charge in [-0.3, -0.25) is 4.98 Å². The lowest BCUT2D eigenvalue weighted by molar-refractivity contribution is 0.553. The van der Waals surface area contributed by atoms with Crippen LogP contribution in [0.5, 0.6) is 0 Å². The van der Waals surface area contributed by atoms with Gasteiger partial charge in [-0.1, -0.05) is 18.2 Å². The van der Waals surface area contributed by atoms with E-state index in [1.165, 1.54) is 5.56 Å². The predicted octanol–water partition coefficient (Wildman–Crippen LogP) is 2.52. The fraction of sp³-hybridized carbons (Fsp3) is 0.300. The van der Waals surface area contributed by atoms with Crippen LogP contribution in [0.4, 0.5) is 0 Å². The lowest BCUT2D eigenvalue weighted by Gasteiger charge is -2.19. The van der Waals surface area contributed by atoms with Crippen molar-refractivity contribution in [2.24, 2.45) is 0 Å². The van der Waals surface area contributed by atoms with E-state index in [-0.39, 0.29) is 24.8 Å². The summed E-state index contributed by atoms with van der Waals surface area (Å²) in [6.45, 7) is 0.972. The largest absolute Gasteiger partial charge is 0.306 e. The lowest BCUT2D eigenvalue weighted by atomic mass is 10.0. The van der Waals surface area contributed by atoms with E-state index in [2.05, 4.69) is 28.5 Å². The van der Waals surface area contributed by atoms with Gasteiger partial charge in [0.05, 0.1) is 0 Å². The van der Waals surface area contributed by atoms with Crippen LogP contribution in [0.3, 0.4) is 0 Å². The Morgan fingerprint density at radius 3 is 2.71 bits per heavy atom. The number of rotatable bonds is 1. The number of hydrogen-bond acceptors (Lipinski definition) is 2. The summed E-state index contributed by atoms with van der Waals surface area (Å²) in [5, 5.41) is 3.41. The minimum absolute atomic E-state index is 0. The summed E-state index contributed by atoms with van der Waals surface area (Å²) in [5.74, 6) is 0. The van der Waals surface area contributed by atoms with Gasteiger partial charge in [-0.05, 0) is 18.1 Å². The quantitative estimate of drug-likeness (QED) is 0.754. The van der Waals surface area contributed by atoms with Gasteiger partial charge in [0.25, 0.3) is 0 Å². The van der Waals surface area contributed by atoms with E-state index >= 15 is 0 Å². The first-order valence-corrected chi connectivity index (χ1v) is 4.25. The van der Waals surface area contributed by atoms with E-state index in [0.29, 0.717) is 6.04 Å². The number of nitrogens with zero attached hydrogens (tertiary/aromatic N) is 1. The zero-order valence-corrected chi connectivity index (χ0v) is 9.35. The Hall–Kier alpha value is -0.570. The van der Waals surface area contributed by atoms with Gasteiger partial charge in [0.15, 0.2) is 0 Å². The normalized spacial score (nSPS) is 19.3. The van der Waals surface area contributed by atoms with Crippen LogP contribution in [-0.4, -0.2) is 11.5 Å². The Morgan fingerprint density at radius 1 is 1.29 bits per heavy atom. The zero-order valence-electron chi connectivity index (χ0n) is 7.72. The van der Waals surface area contributed by atoms with E-state index in [1.807, 2.05) is 18.5 Å². The maximum Gasteiger partial charge on any atom is 0.0372 e. The molecule has 2 heterocycles. The number of nitrogens with one attached hydrogen (secondary N) is 1. The summed E-state index contributed by atoms with van der Waals surface area (Å²) in [6.07, 6.45) is 9.19. The molecule has 1 aromatic rings. The molecule has 0 aliphatic carbocycles. The molecule has 0 saturated carbocycles. The first-order valence-electron chi connectivity index (χ1n) is 4.25. The van der Waals surface area contributed by atoms with E-state index < -0.39 is 0 Å². The molecular formula is C10H14Cl2N2. The van der Waals surface area contributed by atoms with Crippen molar-refractivity contribution in [3.05, 3.63) is 42.2 Å². The molecule has 0 bridgehead atoms. The predicted molar refractivity (Wildman–Crippen MR) is 63.2 cm³/mol. The standard InChI is InChI=1S/C10H12N2.2ClH/c1-2-7-12-10(5-1)9-4-3-6-11-8-9;;/h1-4,6,8,10,12H,5,7H2;2*1H/t10-;;/m1../s1. The lowest BCUT2D eigenvalue weighted by Crippen LogP contribution is -2.23. The van der Waals surface area contributed by atoms with Gasteiger partial charge in [0.1, 0.15) is 0 Å². The van der Waals surface area contributed by atoms with Crippen LogP contribution in [0, 0.1) is 0 Å². The maximum atomic E-state index is 4.10. The van der Waals surface area contributed by atoms with Crippen molar-refractivity contribution in [1.82, 2.24) is 10.3 Å². The van der Waals surface area contributed by atoms with Crippen LogP contribution in [0.1, 0.15) is 18.0 Å². The molecule has 0 aromatic carbocycles. The van der Waals surface area contributed by atoms with Crippen molar-refractivity contribution >= 4 is 24.8 Å². The second kappa shape index (κ2) is 6.82. The minimum Gasteiger partial charge on any atom is -0.306 e. The molecule has 0 amide bonds. The molecule has 0 spiro atoms. The van der Waals surface area contributed by atoms with Gasteiger partial charge in [-0.25, -0.2) is 0 Å². The molecule has 4 heteroatoms. The molecule has 1 aromatic heterocycles. The molecule has 0 saturated heterocycles. The highest BCUT2D eigenvalue weighted by Gasteiger charge is 2.10. The van der Waals surface area contributed by atoms with Crippen LogP contribution >= 0.6 is 24.8 Å². The van der Waals surface area contributed by atoms with Gasteiger partial charge < -0.3 is 5.32 Å². The highest BCUT2D eigenvalue weighted by Crippen LogP contribution is 2.17. The van der Waals surface area contributed by atoms with Crippen molar-refractivity contribution in [2.45, 2.75) is 12.5 Å². The highest BCUT2D eigenvalue weighted by molar-refractivity contribution is 5.85. The average molecular weight is 233 g/mol. The monoisotopic (exact) mass is 232 g/mol. The molecule has 78 valence electrons. The molecular weight excluding hydrogens is 219 g/mol. The van der Waals surface area contributed by atoms with Crippen molar-refractivity contribution in [1.29, 1.82) is 0 Å². The molecule has 2 rings (SSSR count). The maximum absolute atomic E-state index is 4.10. The van der Waals surface area contributed by atoms with Gasteiger partial charge in [-0.2, -0.15) is 0 Å². The zero-order chi connectivity index (χ0) is 8.23. The third-order valence-corrected chi connectivity index (χ3v) is 2.11. The summed E-state index contributed by atoms with van der Waals surface area (Å²) >= 11 is 0. The SMILES string of the molecule is C1=CC[C@H](c2cccnc2)NC1.Cl.Cl. The highest BCUT2D eigenvalue weighted by atomic mass is 35.5. The first-order chi connectivity index (χ1) is 5.97. The second-order valence-corrected chi connectivity index (χ2v) is 2.95. The Bertz CT molecular complexity index is 275. The number of hydrogen-bond donors (Lipinski definition) is 1. The van der Waals surface area contributed by atoms with Gasteiger partial charge in [0, 0.05) is 25.0 Å².